The van der Waals surface area contributed by atoms with Gasteiger partial charge in [0.25, 0.3) is 5.91 Å². The number of hydrogen-bond acceptors (Lipinski definition) is 9. The van der Waals surface area contributed by atoms with Crippen LogP contribution in [0.4, 0.5) is 11.8 Å². The molecule has 2 heterocycles. The van der Waals surface area contributed by atoms with E-state index in [1.54, 1.807) is 11.3 Å². The fourth-order valence-corrected chi connectivity index (χ4v) is 4.52. The van der Waals surface area contributed by atoms with Crippen molar-refractivity contribution in [2.45, 2.75) is 57.0 Å². The van der Waals surface area contributed by atoms with E-state index in [4.69, 9.17) is 11.5 Å². The van der Waals surface area contributed by atoms with Crippen molar-refractivity contribution in [1.29, 1.82) is 0 Å². The second-order valence-electron chi connectivity index (χ2n) is 7.66. The maximum Gasteiger partial charge on any atom is 0.254 e. The number of nitrogens with zero attached hydrogens (tertiary/aromatic N) is 4. The van der Waals surface area contributed by atoms with Crippen LogP contribution in [-0.4, -0.2) is 38.2 Å². The highest BCUT2D eigenvalue weighted by atomic mass is 32.1. The molecule has 0 spiro atoms. The molecule has 2 aromatic heterocycles. The third kappa shape index (κ3) is 4.65. The van der Waals surface area contributed by atoms with E-state index in [9.17, 15) is 4.79 Å². The van der Waals surface area contributed by atoms with Gasteiger partial charge in [-0.15, -0.1) is 21.5 Å². The van der Waals surface area contributed by atoms with Crippen LogP contribution in [-0.2, 0) is 0 Å². The summed E-state index contributed by atoms with van der Waals surface area (Å²) in [4.78, 5) is 20.6. The smallest absolute Gasteiger partial charge is 0.254 e. The molecule has 10 heteroatoms. The molecule has 4 rings (SSSR count). The first kappa shape index (κ1) is 20.4. The Balaban J connectivity index is 1.49. The van der Waals surface area contributed by atoms with E-state index in [-0.39, 0.29) is 23.6 Å². The van der Waals surface area contributed by atoms with Crippen molar-refractivity contribution in [2.75, 3.05) is 10.6 Å². The topological polar surface area (TPSA) is 145 Å². The Kier molecular flexibility index (Phi) is 6.05. The van der Waals surface area contributed by atoms with E-state index in [1.165, 1.54) is 6.20 Å². The van der Waals surface area contributed by atoms with Gasteiger partial charge in [-0.05, 0) is 32.3 Å². The zero-order valence-corrected chi connectivity index (χ0v) is 17.7. The van der Waals surface area contributed by atoms with Crippen molar-refractivity contribution in [3.63, 3.8) is 0 Å². The molecule has 1 fully saturated rings. The highest BCUT2D eigenvalue weighted by Crippen LogP contribution is 2.29. The third-order valence-corrected chi connectivity index (χ3v) is 6.38. The fraction of sp³-hybridized carbons (Fsp3) is 0.450. The summed E-state index contributed by atoms with van der Waals surface area (Å²) >= 11 is 1.60. The average Bonchev–Trinajstić information content (AvgIpc) is 3.17. The van der Waals surface area contributed by atoms with E-state index in [0.29, 0.717) is 11.8 Å². The summed E-state index contributed by atoms with van der Waals surface area (Å²) in [5.74, 6) is 0.437. The van der Waals surface area contributed by atoms with Crippen molar-refractivity contribution in [3.8, 4) is 0 Å². The molecule has 0 aliphatic heterocycles. The standard InChI is InChI=1S/C20H26N8OS/c1-11-27-28-19(30-11)12-6-8-13(9-7-12)24-18-14(17(22)29)10-23-20(26-18)25-16-5-3-2-4-15(16)21/h6,8-10,12,15-16H,2-5,7,21H2,1H3,(H2,22,29)(H2,23,24,25,26)/t12?,15-,16+/m0/s1. The molecule has 2 aliphatic carbocycles. The van der Waals surface area contributed by atoms with Crippen LogP contribution in [0.2, 0.25) is 0 Å². The lowest BCUT2D eigenvalue weighted by Crippen LogP contribution is -2.43. The molecule has 0 radical (unpaired) electrons. The zero-order chi connectivity index (χ0) is 21.1. The summed E-state index contributed by atoms with van der Waals surface area (Å²) in [5.41, 5.74) is 12.8. The second-order valence-corrected chi connectivity index (χ2v) is 8.88. The molecule has 0 bridgehead atoms. The molecule has 1 saturated carbocycles. The lowest BCUT2D eigenvalue weighted by atomic mass is 9.91. The Hall–Kier alpha value is -2.85. The number of anilines is 2. The number of nitrogens with one attached hydrogen (secondary N) is 2. The van der Waals surface area contributed by atoms with Gasteiger partial charge in [0, 0.05) is 29.9 Å². The number of allylic oxidation sites excluding steroid dienone is 3. The number of carbonyl (C=O) groups excluding carboxylic acids is 1. The summed E-state index contributed by atoms with van der Waals surface area (Å²) in [5, 5.41) is 16.8. The lowest BCUT2D eigenvalue weighted by molar-refractivity contribution is 0.100. The Morgan fingerprint density at radius 2 is 2.10 bits per heavy atom. The van der Waals surface area contributed by atoms with Gasteiger partial charge in [-0.2, -0.15) is 4.98 Å². The monoisotopic (exact) mass is 426 g/mol. The average molecular weight is 427 g/mol. The maximum atomic E-state index is 11.9. The quantitative estimate of drug-likeness (QED) is 0.551. The highest BCUT2D eigenvalue weighted by Gasteiger charge is 2.23. The van der Waals surface area contributed by atoms with Crippen molar-refractivity contribution in [1.82, 2.24) is 20.2 Å². The van der Waals surface area contributed by atoms with Gasteiger partial charge in [0.05, 0.1) is 0 Å². The molecular formula is C20H26N8OS. The number of rotatable bonds is 6. The molecule has 3 atom stereocenters. The number of amides is 1. The van der Waals surface area contributed by atoms with E-state index < -0.39 is 5.91 Å². The van der Waals surface area contributed by atoms with Gasteiger partial charge in [0.1, 0.15) is 21.4 Å². The first-order valence-corrected chi connectivity index (χ1v) is 11.0. The van der Waals surface area contributed by atoms with E-state index in [2.05, 4.69) is 43.0 Å². The van der Waals surface area contributed by atoms with Crippen molar-refractivity contribution in [2.24, 2.45) is 11.5 Å². The van der Waals surface area contributed by atoms with Crippen molar-refractivity contribution < 1.29 is 4.79 Å². The summed E-state index contributed by atoms with van der Waals surface area (Å²) in [6.45, 7) is 1.95. The van der Waals surface area contributed by atoms with Gasteiger partial charge in [0.2, 0.25) is 5.95 Å². The molecule has 0 saturated heterocycles. The maximum absolute atomic E-state index is 11.9. The molecular weight excluding hydrogens is 400 g/mol. The minimum Gasteiger partial charge on any atom is -0.365 e. The van der Waals surface area contributed by atoms with Gasteiger partial charge in [0.15, 0.2) is 0 Å². The molecule has 1 amide bonds. The summed E-state index contributed by atoms with van der Waals surface area (Å²) in [6, 6.07) is 0.190. The van der Waals surface area contributed by atoms with E-state index in [0.717, 1.165) is 47.8 Å². The van der Waals surface area contributed by atoms with Crippen molar-refractivity contribution >= 4 is 29.0 Å². The van der Waals surface area contributed by atoms with Crippen LogP contribution in [0.1, 0.15) is 58.4 Å². The number of carbonyl (C=O) groups is 1. The van der Waals surface area contributed by atoms with Crippen LogP contribution in [0.25, 0.3) is 0 Å². The summed E-state index contributed by atoms with van der Waals surface area (Å²) in [6.07, 6.45) is 12.6. The predicted octanol–water partition coefficient (Wildman–Crippen LogP) is 2.46. The van der Waals surface area contributed by atoms with Crippen LogP contribution < -0.4 is 22.1 Å². The minimum absolute atomic E-state index is 0.0690. The molecule has 158 valence electrons. The summed E-state index contributed by atoms with van der Waals surface area (Å²) in [7, 11) is 0. The lowest BCUT2D eigenvalue weighted by Gasteiger charge is -2.29. The van der Waals surface area contributed by atoms with Crippen LogP contribution in [0, 0.1) is 6.92 Å². The van der Waals surface area contributed by atoms with Crippen molar-refractivity contribution in [3.05, 3.63) is 45.7 Å². The minimum atomic E-state index is -0.582. The number of aromatic nitrogens is 4. The van der Waals surface area contributed by atoms with Crippen LogP contribution >= 0.6 is 11.3 Å². The third-order valence-electron chi connectivity index (χ3n) is 5.41. The summed E-state index contributed by atoms with van der Waals surface area (Å²) < 4.78 is 0. The van der Waals surface area contributed by atoms with E-state index >= 15 is 0 Å². The van der Waals surface area contributed by atoms with Crippen LogP contribution in [0.3, 0.4) is 0 Å². The Morgan fingerprint density at radius 3 is 2.77 bits per heavy atom. The molecule has 9 nitrogen and oxygen atoms in total. The first-order chi connectivity index (χ1) is 14.5. The SMILES string of the molecule is Cc1nnc(C2C=CC(Nc3nc(N[C@@H]4CCCC[C@@H]4N)ncc3C(N)=O)=CC2)s1. The van der Waals surface area contributed by atoms with Gasteiger partial charge in [-0.3, -0.25) is 4.79 Å². The van der Waals surface area contributed by atoms with Gasteiger partial charge < -0.3 is 22.1 Å². The van der Waals surface area contributed by atoms with Crippen LogP contribution in [0.15, 0.2) is 30.1 Å². The highest BCUT2D eigenvalue weighted by molar-refractivity contribution is 7.11. The predicted molar refractivity (Wildman–Crippen MR) is 117 cm³/mol. The fourth-order valence-electron chi connectivity index (χ4n) is 3.73. The molecule has 2 aromatic rings. The van der Waals surface area contributed by atoms with Gasteiger partial charge in [-0.25, -0.2) is 4.98 Å². The molecule has 2 aliphatic rings. The molecule has 0 aromatic carbocycles. The number of primary amides is 1. The van der Waals surface area contributed by atoms with Crippen LogP contribution in [0.5, 0.6) is 0 Å². The Labute approximate surface area is 179 Å². The normalized spacial score (nSPS) is 23.7. The van der Waals surface area contributed by atoms with E-state index in [1.807, 2.05) is 13.0 Å². The number of nitrogens with two attached hydrogens (primary N) is 2. The second kappa shape index (κ2) is 8.88. The molecule has 1 unspecified atom stereocenters. The first-order valence-electron chi connectivity index (χ1n) is 10.1. The van der Waals surface area contributed by atoms with Gasteiger partial charge in [-0.1, -0.05) is 25.0 Å². The molecule has 6 N–H and O–H groups in total. The zero-order valence-electron chi connectivity index (χ0n) is 16.8. The Morgan fingerprint density at radius 1 is 1.27 bits per heavy atom. The number of hydrogen-bond donors (Lipinski definition) is 4. The Bertz CT molecular complexity index is 985. The largest absolute Gasteiger partial charge is 0.365 e. The number of aryl methyl sites for hydroxylation is 1. The van der Waals surface area contributed by atoms with Gasteiger partial charge >= 0.3 is 0 Å². The molecule has 30 heavy (non-hydrogen) atoms.